The van der Waals surface area contributed by atoms with E-state index in [1.54, 1.807) is 13.0 Å². The number of aryl methyl sites for hydroxylation is 1. The molecule has 1 aliphatic rings. The molecule has 1 aromatic rings. The van der Waals surface area contributed by atoms with Crippen molar-refractivity contribution in [1.29, 1.82) is 0 Å². The highest BCUT2D eigenvalue weighted by Crippen LogP contribution is 2.16. The number of nitrogens with zero attached hydrogens (tertiary/aromatic N) is 1. The maximum Gasteiger partial charge on any atom is 0.328 e. The quantitative estimate of drug-likeness (QED) is 0.813. The third-order valence-corrected chi connectivity index (χ3v) is 2.73. The second kappa shape index (κ2) is 4.58. The zero-order chi connectivity index (χ0) is 12.4. The molecule has 0 radical (unpaired) electrons. The van der Waals surface area contributed by atoms with E-state index in [9.17, 15) is 9.59 Å². The van der Waals surface area contributed by atoms with Crippen LogP contribution in [-0.2, 0) is 9.53 Å². The minimum atomic E-state index is -1.07. The Morgan fingerprint density at radius 3 is 2.88 bits per heavy atom. The number of furan rings is 1. The van der Waals surface area contributed by atoms with E-state index in [1.807, 2.05) is 0 Å². The van der Waals surface area contributed by atoms with E-state index in [1.165, 1.54) is 11.2 Å². The maximum atomic E-state index is 12.1. The first-order valence-corrected chi connectivity index (χ1v) is 5.27. The molecular weight excluding hydrogens is 226 g/mol. The summed E-state index contributed by atoms with van der Waals surface area (Å²) in [6, 6.07) is 0.726. The molecular formula is C11H13NO5. The van der Waals surface area contributed by atoms with Crippen LogP contribution in [0, 0.1) is 6.92 Å². The van der Waals surface area contributed by atoms with Crippen LogP contribution in [0.25, 0.3) is 0 Å². The second-order valence-corrected chi connectivity index (χ2v) is 3.86. The van der Waals surface area contributed by atoms with Gasteiger partial charge in [0.05, 0.1) is 19.5 Å². The van der Waals surface area contributed by atoms with Crippen molar-refractivity contribution in [2.75, 3.05) is 19.8 Å². The third-order valence-electron chi connectivity index (χ3n) is 2.73. The molecule has 1 aliphatic heterocycles. The maximum absolute atomic E-state index is 12.1. The number of ether oxygens (including phenoxy) is 1. The lowest BCUT2D eigenvalue weighted by Gasteiger charge is -2.32. The van der Waals surface area contributed by atoms with Crippen molar-refractivity contribution in [2.24, 2.45) is 0 Å². The van der Waals surface area contributed by atoms with Gasteiger partial charge in [-0.25, -0.2) is 4.79 Å². The Kier molecular flexibility index (Phi) is 3.14. The Morgan fingerprint density at radius 2 is 2.29 bits per heavy atom. The van der Waals surface area contributed by atoms with Crippen LogP contribution < -0.4 is 0 Å². The summed E-state index contributed by atoms with van der Waals surface area (Å²) in [6.07, 6.45) is 1.42. The van der Waals surface area contributed by atoms with Crippen LogP contribution >= 0.6 is 0 Å². The molecule has 0 spiro atoms. The average Bonchev–Trinajstić information content (AvgIpc) is 2.74. The Hall–Kier alpha value is -1.82. The van der Waals surface area contributed by atoms with Gasteiger partial charge >= 0.3 is 5.97 Å². The SMILES string of the molecule is Cc1ccoc1C(=O)N1CCOC[C@@H]1C(=O)O. The summed E-state index contributed by atoms with van der Waals surface area (Å²) >= 11 is 0. The average molecular weight is 239 g/mol. The van der Waals surface area contributed by atoms with Crippen molar-refractivity contribution in [1.82, 2.24) is 4.90 Å². The number of rotatable bonds is 2. The number of carboxylic acid groups (broad SMARTS) is 1. The van der Waals surface area contributed by atoms with Crippen LogP contribution in [0.5, 0.6) is 0 Å². The standard InChI is InChI=1S/C11H13NO5/c1-7-2-4-17-9(7)10(13)12-3-5-16-6-8(12)11(14)15/h2,4,8H,3,5-6H2,1H3,(H,14,15)/t8-/m1/s1. The predicted octanol–water partition coefficient (Wildman–Crippen LogP) is 0.514. The molecule has 0 aliphatic carbocycles. The van der Waals surface area contributed by atoms with Gasteiger partial charge in [0.25, 0.3) is 5.91 Å². The highest BCUT2D eigenvalue weighted by atomic mass is 16.5. The molecule has 0 bridgehead atoms. The molecule has 2 heterocycles. The summed E-state index contributed by atoms with van der Waals surface area (Å²) in [5.41, 5.74) is 0.700. The van der Waals surface area contributed by atoms with Gasteiger partial charge in [0.2, 0.25) is 0 Å². The fourth-order valence-electron chi connectivity index (χ4n) is 1.77. The fraction of sp³-hybridized carbons (Fsp3) is 0.455. The molecule has 0 saturated carbocycles. The lowest BCUT2D eigenvalue weighted by molar-refractivity contribution is -0.147. The monoisotopic (exact) mass is 239 g/mol. The lowest BCUT2D eigenvalue weighted by Crippen LogP contribution is -2.52. The minimum absolute atomic E-state index is 0.0147. The van der Waals surface area contributed by atoms with Gasteiger partial charge in [-0.05, 0) is 13.0 Å². The molecule has 1 atom stereocenters. The zero-order valence-electron chi connectivity index (χ0n) is 9.38. The molecule has 6 heteroatoms. The van der Waals surface area contributed by atoms with E-state index in [2.05, 4.69) is 0 Å². The molecule has 1 aromatic heterocycles. The van der Waals surface area contributed by atoms with Gasteiger partial charge in [0.1, 0.15) is 0 Å². The molecule has 0 aromatic carbocycles. The summed E-state index contributed by atoms with van der Waals surface area (Å²) in [4.78, 5) is 24.4. The predicted molar refractivity (Wildman–Crippen MR) is 56.7 cm³/mol. The van der Waals surface area contributed by atoms with E-state index in [0.717, 1.165) is 0 Å². The molecule has 1 N–H and O–H groups in total. The Balaban J connectivity index is 2.23. The van der Waals surface area contributed by atoms with Crippen molar-refractivity contribution in [3.63, 3.8) is 0 Å². The molecule has 1 saturated heterocycles. The van der Waals surface area contributed by atoms with E-state index in [-0.39, 0.29) is 18.9 Å². The van der Waals surface area contributed by atoms with Crippen molar-refractivity contribution in [3.05, 3.63) is 23.7 Å². The Bertz CT molecular complexity index is 439. The van der Waals surface area contributed by atoms with Crippen LogP contribution in [0.15, 0.2) is 16.7 Å². The molecule has 0 unspecified atom stereocenters. The first kappa shape index (κ1) is 11.7. The first-order valence-electron chi connectivity index (χ1n) is 5.27. The van der Waals surface area contributed by atoms with Crippen molar-refractivity contribution in [3.8, 4) is 0 Å². The highest BCUT2D eigenvalue weighted by molar-refractivity contribution is 5.95. The van der Waals surface area contributed by atoms with Crippen LogP contribution in [0.4, 0.5) is 0 Å². The number of hydrogen-bond acceptors (Lipinski definition) is 4. The molecule has 17 heavy (non-hydrogen) atoms. The van der Waals surface area contributed by atoms with Gasteiger partial charge in [-0.2, -0.15) is 0 Å². The first-order chi connectivity index (χ1) is 8.11. The number of amides is 1. The minimum Gasteiger partial charge on any atom is -0.480 e. The molecule has 92 valence electrons. The fourth-order valence-corrected chi connectivity index (χ4v) is 1.77. The van der Waals surface area contributed by atoms with Crippen molar-refractivity contribution < 1.29 is 23.8 Å². The zero-order valence-corrected chi connectivity index (χ0v) is 9.38. The lowest BCUT2D eigenvalue weighted by atomic mass is 10.2. The summed E-state index contributed by atoms with van der Waals surface area (Å²) in [7, 11) is 0. The van der Waals surface area contributed by atoms with E-state index in [4.69, 9.17) is 14.3 Å². The molecule has 6 nitrogen and oxygen atoms in total. The van der Waals surface area contributed by atoms with Gasteiger partial charge in [-0.15, -0.1) is 0 Å². The van der Waals surface area contributed by atoms with E-state index in [0.29, 0.717) is 12.2 Å². The van der Waals surface area contributed by atoms with Gasteiger partial charge in [0.15, 0.2) is 11.8 Å². The number of aliphatic carboxylic acids is 1. The van der Waals surface area contributed by atoms with Crippen molar-refractivity contribution >= 4 is 11.9 Å². The normalized spacial score (nSPS) is 20.3. The highest BCUT2D eigenvalue weighted by Gasteiger charge is 2.34. The molecule has 2 rings (SSSR count). The van der Waals surface area contributed by atoms with Crippen LogP contribution in [0.2, 0.25) is 0 Å². The van der Waals surface area contributed by atoms with E-state index >= 15 is 0 Å². The number of morpholine rings is 1. The van der Waals surface area contributed by atoms with Crippen molar-refractivity contribution in [2.45, 2.75) is 13.0 Å². The van der Waals surface area contributed by atoms with Gasteiger partial charge in [-0.3, -0.25) is 4.79 Å². The summed E-state index contributed by atoms with van der Waals surface area (Å²) in [5.74, 6) is -1.27. The number of carbonyl (C=O) groups is 2. The number of carboxylic acids is 1. The van der Waals surface area contributed by atoms with Crippen LogP contribution in [-0.4, -0.2) is 47.7 Å². The summed E-state index contributed by atoms with van der Waals surface area (Å²) in [6.45, 7) is 2.36. The number of carbonyl (C=O) groups excluding carboxylic acids is 1. The molecule has 1 amide bonds. The van der Waals surface area contributed by atoms with Gasteiger partial charge in [-0.1, -0.05) is 0 Å². The van der Waals surface area contributed by atoms with Gasteiger partial charge in [0, 0.05) is 12.1 Å². The van der Waals surface area contributed by atoms with Crippen LogP contribution in [0.3, 0.4) is 0 Å². The van der Waals surface area contributed by atoms with Gasteiger partial charge < -0.3 is 19.2 Å². The third kappa shape index (κ3) is 2.16. The van der Waals surface area contributed by atoms with E-state index < -0.39 is 17.9 Å². The smallest absolute Gasteiger partial charge is 0.328 e. The second-order valence-electron chi connectivity index (χ2n) is 3.86. The Morgan fingerprint density at radius 1 is 1.53 bits per heavy atom. The summed E-state index contributed by atoms with van der Waals surface area (Å²) in [5, 5.41) is 9.02. The largest absolute Gasteiger partial charge is 0.480 e. The Labute approximate surface area is 97.8 Å². The topological polar surface area (TPSA) is 80.0 Å². The molecule has 1 fully saturated rings. The summed E-state index contributed by atoms with van der Waals surface area (Å²) < 4.78 is 10.1. The number of hydrogen-bond donors (Lipinski definition) is 1. The van der Waals surface area contributed by atoms with Crippen LogP contribution in [0.1, 0.15) is 16.1 Å².